The molecular formula is C21H29NO2. The first-order chi connectivity index (χ1) is 11.7. The largest absolute Gasteiger partial charge is 0.393 e. The van der Waals surface area contributed by atoms with E-state index in [0.29, 0.717) is 5.91 Å². The minimum atomic E-state index is -0.202. The lowest BCUT2D eigenvalue weighted by Crippen LogP contribution is -2.43. The molecule has 1 N–H and O–H groups in total. The molecule has 0 radical (unpaired) electrons. The molecule has 0 spiro atoms. The van der Waals surface area contributed by atoms with Crippen LogP contribution in [0.2, 0.25) is 0 Å². The second-order valence-corrected chi connectivity index (χ2v) is 7.22. The van der Waals surface area contributed by atoms with Gasteiger partial charge in [-0.25, -0.2) is 0 Å². The van der Waals surface area contributed by atoms with E-state index in [1.807, 2.05) is 18.2 Å². The number of hydrogen-bond donors (Lipinski definition) is 1. The van der Waals surface area contributed by atoms with E-state index in [4.69, 9.17) is 0 Å². The Labute approximate surface area is 145 Å². The molecule has 1 atom stereocenters. The Kier molecular flexibility index (Phi) is 6.08. The number of amides is 1. The molecule has 1 amide bonds. The maximum absolute atomic E-state index is 13.0. The van der Waals surface area contributed by atoms with E-state index in [-0.39, 0.29) is 18.1 Å². The van der Waals surface area contributed by atoms with Crippen LogP contribution in [0.3, 0.4) is 0 Å². The van der Waals surface area contributed by atoms with E-state index < -0.39 is 0 Å². The summed E-state index contributed by atoms with van der Waals surface area (Å²) in [4.78, 5) is 15.2. The fourth-order valence-corrected chi connectivity index (χ4v) is 3.95. The SMILES string of the molecule is O=C(C1CCC(O)CC1)N1CCCCC[C@@H]1/C=C/c1ccccc1. The molecule has 3 nitrogen and oxygen atoms in total. The lowest BCUT2D eigenvalue weighted by atomic mass is 9.86. The van der Waals surface area contributed by atoms with Gasteiger partial charge in [-0.05, 0) is 44.1 Å². The number of aliphatic hydroxyl groups excluding tert-OH is 1. The summed E-state index contributed by atoms with van der Waals surface area (Å²) in [6.45, 7) is 0.877. The first-order valence-electron chi connectivity index (χ1n) is 9.46. The molecule has 24 heavy (non-hydrogen) atoms. The average Bonchev–Trinajstić information content (AvgIpc) is 2.86. The quantitative estimate of drug-likeness (QED) is 0.911. The molecule has 130 valence electrons. The summed E-state index contributed by atoms with van der Waals surface area (Å²) >= 11 is 0. The first-order valence-corrected chi connectivity index (χ1v) is 9.46. The van der Waals surface area contributed by atoms with Gasteiger partial charge in [-0.2, -0.15) is 0 Å². The minimum Gasteiger partial charge on any atom is -0.393 e. The molecule has 1 aromatic carbocycles. The van der Waals surface area contributed by atoms with Crippen molar-refractivity contribution < 1.29 is 9.90 Å². The van der Waals surface area contributed by atoms with Gasteiger partial charge in [-0.1, -0.05) is 55.3 Å². The normalized spacial score (nSPS) is 28.7. The molecule has 0 unspecified atom stereocenters. The van der Waals surface area contributed by atoms with Gasteiger partial charge < -0.3 is 10.0 Å². The molecule has 1 aromatic rings. The first kappa shape index (κ1) is 17.2. The van der Waals surface area contributed by atoms with E-state index in [1.165, 1.54) is 18.4 Å². The second kappa shape index (κ2) is 8.48. The molecule has 3 heteroatoms. The van der Waals surface area contributed by atoms with E-state index in [1.54, 1.807) is 0 Å². The fourth-order valence-electron chi connectivity index (χ4n) is 3.95. The highest BCUT2D eigenvalue weighted by Crippen LogP contribution is 2.29. The van der Waals surface area contributed by atoms with Gasteiger partial charge in [0, 0.05) is 12.5 Å². The monoisotopic (exact) mass is 327 g/mol. The summed E-state index contributed by atoms with van der Waals surface area (Å²) in [5, 5.41) is 9.69. The third kappa shape index (κ3) is 4.47. The number of carbonyl (C=O) groups excluding carboxylic acids is 1. The van der Waals surface area contributed by atoms with Crippen LogP contribution in [-0.4, -0.2) is 34.6 Å². The van der Waals surface area contributed by atoms with Crippen LogP contribution in [0.1, 0.15) is 56.9 Å². The van der Waals surface area contributed by atoms with Crippen LogP contribution in [0, 0.1) is 5.92 Å². The number of carbonyl (C=O) groups is 1. The van der Waals surface area contributed by atoms with Gasteiger partial charge in [0.15, 0.2) is 0 Å². The van der Waals surface area contributed by atoms with Crippen LogP contribution in [0.5, 0.6) is 0 Å². The molecule has 1 aliphatic heterocycles. The third-order valence-corrected chi connectivity index (χ3v) is 5.44. The van der Waals surface area contributed by atoms with Crippen LogP contribution in [-0.2, 0) is 4.79 Å². The Bertz CT molecular complexity index is 546. The van der Waals surface area contributed by atoms with Crippen molar-refractivity contribution in [1.29, 1.82) is 0 Å². The number of nitrogens with zero attached hydrogens (tertiary/aromatic N) is 1. The predicted molar refractivity (Wildman–Crippen MR) is 97.4 cm³/mol. The number of benzene rings is 1. The van der Waals surface area contributed by atoms with Crippen molar-refractivity contribution in [3.8, 4) is 0 Å². The van der Waals surface area contributed by atoms with Gasteiger partial charge in [-0.3, -0.25) is 4.79 Å². The summed E-state index contributed by atoms with van der Waals surface area (Å²) in [6.07, 6.45) is 12.0. The topological polar surface area (TPSA) is 40.5 Å². The summed E-state index contributed by atoms with van der Waals surface area (Å²) in [5.74, 6) is 0.422. The number of aliphatic hydroxyl groups is 1. The van der Waals surface area contributed by atoms with Gasteiger partial charge in [-0.15, -0.1) is 0 Å². The van der Waals surface area contributed by atoms with Crippen molar-refractivity contribution in [2.45, 2.75) is 63.5 Å². The van der Waals surface area contributed by atoms with Gasteiger partial charge >= 0.3 is 0 Å². The molecule has 0 bridgehead atoms. The van der Waals surface area contributed by atoms with Crippen molar-refractivity contribution in [1.82, 2.24) is 4.90 Å². The molecule has 1 heterocycles. The van der Waals surface area contributed by atoms with E-state index in [0.717, 1.165) is 45.1 Å². The highest BCUT2D eigenvalue weighted by molar-refractivity contribution is 5.79. The zero-order chi connectivity index (χ0) is 16.8. The second-order valence-electron chi connectivity index (χ2n) is 7.22. The Morgan fingerprint density at radius 1 is 1.00 bits per heavy atom. The molecule has 2 aliphatic rings. The lowest BCUT2D eigenvalue weighted by molar-refractivity contribution is -0.138. The zero-order valence-corrected chi connectivity index (χ0v) is 14.4. The standard InChI is InChI=1S/C21H29NO2/c23-20-14-11-18(12-15-20)21(24)22-16-6-2-5-9-19(22)13-10-17-7-3-1-4-8-17/h1,3-4,7-8,10,13,18-20,23H,2,5-6,9,11-12,14-16H2/b13-10+/t18?,19-,20?/m1/s1. The molecule has 3 rings (SSSR count). The fraction of sp³-hybridized carbons (Fsp3) is 0.571. The Morgan fingerprint density at radius 3 is 2.50 bits per heavy atom. The van der Waals surface area contributed by atoms with Crippen molar-refractivity contribution in [3.63, 3.8) is 0 Å². The van der Waals surface area contributed by atoms with Crippen LogP contribution in [0.25, 0.3) is 6.08 Å². The summed E-state index contributed by atoms with van der Waals surface area (Å²) < 4.78 is 0. The Morgan fingerprint density at radius 2 is 1.75 bits per heavy atom. The van der Waals surface area contributed by atoms with E-state index in [9.17, 15) is 9.90 Å². The Balaban J connectivity index is 1.70. The number of hydrogen-bond acceptors (Lipinski definition) is 2. The number of likely N-dealkylation sites (tertiary alicyclic amines) is 1. The van der Waals surface area contributed by atoms with Crippen molar-refractivity contribution in [2.75, 3.05) is 6.54 Å². The maximum atomic E-state index is 13.0. The van der Waals surface area contributed by atoms with E-state index >= 15 is 0 Å². The molecule has 1 saturated heterocycles. The minimum absolute atomic E-state index is 0.110. The van der Waals surface area contributed by atoms with E-state index in [2.05, 4.69) is 29.2 Å². The third-order valence-electron chi connectivity index (χ3n) is 5.44. The van der Waals surface area contributed by atoms with Crippen LogP contribution < -0.4 is 0 Å². The average molecular weight is 327 g/mol. The summed E-state index contributed by atoms with van der Waals surface area (Å²) in [6, 6.07) is 10.5. The Hall–Kier alpha value is -1.61. The van der Waals surface area contributed by atoms with Gasteiger partial charge in [0.1, 0.15) is 0 Å². The van der Waals surface area contributed by atoms with Crippen molar-refractivity contribution >= 4 is 12.0 Å². The van der Waals surface area contributed by atoms with Gasteiger partial charge in [0.05, 0.1) is 12.1 Å². The van der Waals surface area contributed by atoms with Crippen molar-refractivity contribution in [2.24, 2.45) is 5.92 Å². The molecule has 0 aromatic heterocycles. The van der Waals surface area contributed by atoms with Gasteiger partial charge in [0.2, 0.25) is 5.91 Å². The molecule has 1 aliphatic carbocycles. The van der Waals surface area contributed by atoms with Crippen LogP contribution in [0.15, 0.2) is 36.4 Å². The summed E-state index contributed by atoms with van der Waals surface area (Å²) in [5.41, 5.74) is 1.19. The highest BCUT2D eigenvalue weighted by atomic mass is 16.3. The van der Waals surface area contributed by atoms with Crippen LogP contribution >= 0.6 is 0 Å². The lowest BCUT2D eigenvalue weighted by Gasteiger charge is -2.34. The molecule has 1 saturated carbocycles. The molecular weight excluding hydrogens is 298 g/mol. The smallest absolute Gasteiger partial charge is 0.226 e. The zero-order valence-electron chi connectivity index (χ0n) is 14.4. The van der Waals surface area contributed by atoms with Gasteiger partial charge in [0.25, 0.3) is 0 Å². The van der Waals surface area contributed by atoms with Crippen molar-refractivity contribution in [3.05, 3.63) is 42.0 Å². The predicted octanol–water partition coefficient (Wildman–Crippen LogP) is 4.02. The van der Waals surface area contributed by atoms with Crippen LogP contribution in [0.4, 0.5) is 0 Å². The highest BCUT2D eigenvalue weighted by Gasteiger charge is 2.31. The molecule has 2 fully saturated rings. The summed E-state index contributed by atoms with van der Waals surface area (Å²) in [7, 11) is 0. The number of rotatable bonds is 3. The maximum Gasteiger partial charge on any atom is 0.226 e.